The summed E-state index contributed by atoms with van der Waals surface area (Å²) < 4.78 is 30.2. The van der Waals surface area contributed by atoms with Gasteiger partial charge in [0.25, 0.3) is 0 Å². The predicted octanol–water partition coefficient (Wildman–Crippen LogP) is 3.63. The number of benzene rings is 2. The van der Waals surface area contributed by atoms with E-state index in [0.29, 0.717) is 43.1 Å². The van der Waals surface area contributed by atoms with Crippen molar-refractivity contribution < 1.29 is 28.5 Å². The summed E-state index contributed by atoms with van der Waals surface area (Å²) in [5.74, 6) is 1.89. The minimum absolute atomic E-state index is 0.193. The third-order valence-electron chi connectivity index (χ3n) is 6.74. The number of aliphatic hydroxyl groups is 1. The number of carbonyl (C=O) groups is 1. The maximum atomic E-state index is 13.0. The molecule has 0 aromatic heterocycles. The summed E-state index contributed by atoms with van der Waals surface area (Å²) in [6, 6.07) is 11.8. The van der Waals surface area contributed by atoms with Crippen molar-refractivity contribution in [3.05, 3.63) is 53.8 Å². The SMILES string of the molecule is COc1cc(CN2CCC(O)(COc3ccc(F)cc3)CC2)ccc1OCCCN1CCCC1=O. The van der Waals surface area contributed by atoms with Gasteiger partial charge in [-0.25, -0.2) is 4.39 Å². The van der Waals surface area contributed by atoms with E-state index >= 15 is 0 Å². The lowest BCUT2D eigenvalue weighted by molar-refractivity contribution is -0.127. The van der Waals surface area contributed by atoms with E-state index in [1.165, 1.54) is 12.1 Å². The lowest BCUT2D eigenvalue weighted by atomic mass is 9.92. The fraction of sp³-hybridized carbons (Fsp3) is 0.519. The van der Waals surface area contributed by atoms with Crippen LogP contribution in [0.5, 0.6) is 17.2 Å². The van der Waals surface area contributed by atoms with Crippen LogP contribution in [0, 0.1) is 5.82 Å². The average molecular weight is 487 g/mol. The Morgan fingerprint density at radius 1 is 1.03 bits per heavy atom. The third-order valence-corrected chi connectivity index (χ3v) is 6.74. The Labute approximate surface area is 206 Å². The molecule has 2 aromatic rings. The minimum atomic E-state index is -0.889. The zero-order valence-corrected chi connectivity index (χ0v) is 20.4. The van der Waals surface area contributed by atoms with E-state index in [9.17, 15) is 14.3 Å². The molecule has 7 nitrogen and oxygen atoms in total. The highest BCUT2D eigenvalue weighted by Gasteiger charge is 2.33. The van der Waals surface area contributed by atoms with Crippen molar-refractivity contribution in [3.63, 3.8) is 0 Å². The van der Waals surface area contributed by atoms with E-state index < -0.39 is 5.60 Å². The molecule has 0 saturated carbocycles. The maximum absolute atomic E-state index is 13.0. The predicted molar refractivity (Wildman–Crippen MR) is 130 cm³/mol. The van der Waals surface area contributed by atoms with Crippen molar-refractivity contribution in [3.8, 4) is 17.2 Å². The van der Waals surface area contributed by atoms with Gasteiger partial charge in [-0.15, -0.1) is 0 Å². The first-order chi connectivity index (χ1) is 16.9. The van der Waals surface area contributed by atoms with Crippen LogP contribution in [0.3, 0.4) is 0 Å². The zero-order valence-electron chi connectivity index (χ0n) is 20.4. The van der Waals surface area contributed by atoms with Crippen molar-refractivity contribution >= 4 is 5.91 Å². The van der Waals surface area contributed by atoms with Crippen molar-refractivity contribution in [1.82, 2.24) is 9.80 Å². The van der Waals surface area contributed by atoms with Crippen LogP contribution in [0.15, 0.2) is 42.5 Å². The average Bonchev–Trinajstić information content (AvgIpc) is 3.28. The molecule has 0 aliphatic carbocycles. The van der Waals surface area contributed by atoms with Gasteiger partial charge < -0.3 is 24.2 Å². The normalized spacial score (nSPS) is 18.0. The molecular formula is C27H35FN2O5. The van der Waals surface area contributed by atoms with Crippen LogP contribution >= 0.6 is 0 Å². The van der Waals surface area contributed by atoms with Crippen LogP contribution in [0.2, 0.25) is 0 Å². The standard InChI is InChI=1S/C27H35FN2O5/c1-33-25-18-21(5-10-24(25)34-17-3-14-30-13-2-4-26(30)31)19-29-15-11-27(32,12-16-29)20-35-23-8-6-22(28)7-9-23/h5-10,18,32H,2-4,11-17,19-20H2,1H3. The van der Waals surface area contributed by atoms with Crippen LogP contribution < -0.4 is 14.2 Å². The molecular weight excluding hydrogens is 451 g/mol. The number of piperidine rings is 1. The van der Waals surface area contributed by atoms with E-state index in [4.69, 9.17) is 14.2 Å². The number of amides is 1. The Morgan fingerprint density at radius 2 is 1.80 bits per heavy atom. The monoisotopic (exact) mass is 486 g/mol. The molecule has 0 atom stereocenters. The molecule has 0 unspecified atom stereocenters. The lowest BCUT2D eigenvalue weighted by Gasteiger charge is -2.38. The zero-order chi connectivity index (χ0) is 24.7. The second-order valence-corrected chi connectivity index (χ2v) is 9.41. The molecule has 35 heavy (non-hydrogen) atoms. The highest BCUT2D eigenvalue weighted by atomic mass is 19.1. The Hall–Kier alpha value is -2.84. The second kappa shape index (κ2) is 11.7. The van der Waals surface area contributed by atoms with E-state index in [1.54, 1.807) is 19.2 Å². The van der Waals surface area contributed by atoms with Crippen LogP contribution in [0.1, 0.15) is 37.7 Å². The molecule has 2 aliphatic rings. The van der Waals surface area contributed by atoms with Crippen LogP contribution in [-0.2, 0) is 11.3 Å². The van der Waals surface area contributed by atoms with Gasteiger partial charge in [0.15, 0.2) is 11.5 Å². The summed E-state index contributed by atoms with van der Waals surface area (Å²) in [6.45, 7) is 4.56. The summed E-state index contributed by atoms with van der Waals surface area (Å²) in [7, 11) is 1.64. The summed E-state index contributed by atoms with van der Waals surface area (Å²) in [4.78, 5) is 15.9. The number of likely N-dealkylation sites (tertiary alicyclic amines) is 2. The number of rotatable bonds is 11. The quantitative estimate of drug-likeness (QED) is 0.489. The Morgan fingerprint density at radius 3 is 2.49 bits per heavy atom. The van der Waals surface area contributed by atoms with Crippen LogP contribution in [0.4, 0.5) is 4.39 Å². The summed E-state index contributed by atoms with van der Waals surface area (Å²) in [5, 5.41) is 10.9. The Balaban J connectivity index is 1.21. The summed E-state index contributed by atoms with van der Waals surface area (Å²) >= 11 is 0. The molecule has 8 heteroatoms. The Bertz CT molecular complexity index is 976. The van der Waals surface area contributed by atoms with Crippen molar-refractivity contribution in [1.29, 1.82) is 0 Å². The fourth-order valence-electron chi connectivity index (χ4n) is 4.59. The first-order valence-electron chi connectivity index (χ1n) is 12.3. The first-order valence-corrected chi connectivity index (χ1v) is 12.3. The number of methoxy groups -OCH3 is 1. The number of ether oxygens (including phenoxy) is 3. The molecule has 1 amide bonds. The maximum Gasteiger partial charge on any atom is 0.222 e. The fourth-order valence-corrected chi connectivity index (χ4v) is 4.59. The number of carbonyl (C=O) groups excluding carboxylic acids is 1. The molecule has 2 saturated heterocycles. The van der Waals surface area contributed by atoms with Gasteiger partial charge in [0, 0.05) is 39.1 Å². The molecule has 2 heterocycles. The molecule has 2 fully saturated rings. The Kier molecular flexibility index (Phi) is 8.46. The van der Waals surface area contributed by atoms with Crippen molar-refractivity contribution in [2.24, 2.45) is 0 Å². The summed E-state index contributed by atoms with van der Waals surface area (Å²) in [6.07, 6.45) is 3.61. The lowest BCUT2D eigenvalue weighted by Crippen LogP contribution is -2.47. The summed E-state index contributed by atoms with van der Waals surface area (Å²) in [5.41, 5.74) is 0.227. The molecule has 190 valence electrons. The van der Waals surface area contributed by atoms with Crippen LogP contribution in [-0.4, -0.2) is 72.9 Å². The van der Waals surface area contributed by atoms with Crippen molar-refractivity contribution in [2.75, 3.05) is 46.5 Å². The minimum Gasteiger partial charge on any atom is -0.493 e. The first kappa shape index (κ1) is 25.3. The number of hydrogen-bond donors (Lipinski definition) is 1. The van der Waals surface area contributed by atoms with Gasteiger partial charge in [-0.1, -0.05) is 6.07 Å². The molecule has 2 aromatic carbocycles. The van der Waals surface area contributed by atoms with E-state index in [2.05, 4.69) is 4.90 Å². The largest absolute Gasteiger partial charge is 0.493 e. The number of halogens is 1. The van der Waals surface area contributed by atoms with Gasteiger partial charge in [-0.2, -0.15) is 0 Å². The molecule has 0 bridgehead atoms. The molecule has 1 N–H and O–H groups in total. The molecule has 0 radical (unpaired) electrons. The van der Waals surface area contributed by atoms with E-state index in [1.807, 2.05) is 23.1 Å². The van der Waals surface area contributed by atoms with E-state index in [0.717, 1.165) is 51.1 Å². The molecule has 4 rings (SSSR count). The number of nitrogens with zero attached hydrogens (tertiary/aromatic N) is 2. The second-order valence-electron chi connectivity index (χ2n) is 9.41. The van der Waals surface area contributed by atoms with Gasteiger partial charge >= 0.3 is 0 Å². The smallest absolute Gasteiger partial charge is 0.222 e. The van der Waals surface area contributed by atoms with Gasteiger partial charge in [-0.05, 0) is 67.6 Å². The van der Waals surface area contributed by atoms with E-state index in [-0.39, 0.29) is 18.3 Å². The highest BCUT2D eigenvalue weighted by Crippen LogP contribution is 2.30. The number of hydrogen-bond acceptors (Lipinski definition) is 6. The van der Waals surface area contributed by atoms with Crippen LogP contribution in [0.25, 0.3) is 0 Å². The van der Waals surface area contributed by atoms with Gasteiger partial charge in [0.05, 0.1) is 13.7 Å². The van der Waals surface area contributed by atoms with Gasteiger partial charge in [0.1, 0.15) is 23.8 Å². The third kappa shape index (κ3) is 7.08. The van der Waals surface area contributed by atoms with Gasteiger partial charge in [0.2, 0.25) is 5.91 Å². The molecule has 2 aliphatic heterocycles. The van der Waals surface area contributed by atoms with Gasteiger partial charge in [-0.3, -0.25) is 9.69 Å². The topological polar surface area (TPSA) is 71.5 Å². The molecule has 0 spiro atoms. The highest BCUT2D eigenvalue weighted by molar-refractivity contribution is 5.77. The van der Waals surface area contributed by atoms with Crippen molar-refractivity contribution in [2.45, 2.75) is 44.2 Å².